The SMILES string of the molecule is CN1CCN(S(=O)(=O)c2ccc(NC(=O)C3CCN(S(=O)(=O)c4ccccc4)CC3)cc2)CC1. The molecule has 2 heterocycles. The van der Waals surface area contributed by atoms with Crippen LogP contribution >= 0.6 is 0 Å². The third kappa shape index (κ3) is 5.33. The number of anilines is 1. The number of hydrogen-bond donors (Lipinski definition) is 1. The van der Waals surface area contributed by atoms with Crippen LogP contribution in [0, 0.1) is 5.92 Å². The number of likely N-dealkylation sites (N-methyl/N-ethyl adjacent to an activating group) is 1. The van der Waals surface area contributed by atoms with E-state index < -0.39 is 20.0 Å². The molecule has 2 fully saturated rings. The van der Waals surface area contributed by atoms with Gasteiger partial charge in [-0.2, -0.15) is 8.61 Å². The molecule has 0 atom stereocenters. The van der Waals surface area contributed by atoms with Crippen LogP contribution in [0.3, 0.4) is 0 Å². The van der Waals surface area contributed by atoms with Crippen LogP contribution in [0.5, 0.6) is 0 Å². The van der Waals surface area contributed by atoms with Crippen molar-refractivity contribution >= 4 is 31.6 Å². The number of carbonyl (C=O) groups is 1. The number of rotatable bonds is 6. The van der Waals surface area contributed by atoms with Crippen molar-refractivity contribution in [1.29, 1.82) is 0 Å². The zero-order chi connectivity index (χ0) is 24.3. The first kappa shape index (κ1) is 24.8. The second kappa shape index (κ2) is 10.1. The number of carbonyl (C=O) groups excluding carboxylic acids is 1. The van der Waals surface area contributed by atoms with Crippen molar-refractivity contribution in [1.82, 2.24) is 13.5 Å². The third-order valence-electron chi connectivity index (χ3n) is 6.43. The summed E-state index contributed by atoms with van der Waals surface area (Å²) in [5, 5.41) is 2.84. The Balaban J connectivity index is 1.33. The van der Waals surface area contributed by atoms with Crippen LogP contribution in [-0.2, 0) is 24.8 Å². The molecule has 0 aromatic heterocycles. The molecule has 0 bridgehead atoms. The Bertz CT molecular complexity index is 1200. The summed E-state index contributed by atoms with van der Waals surface area (Å²) in [5.41, 5.74) is 0.515. The zero-order valence-electron chi connectivity index (χ0n) is 19.1. The maximum atomic E-state index is 12.9. The first-order valence-electron chi connectivity index (χ1n) is 11.3. The summed E-state index contributed by atoms with van der Waals surface area (Å²) in [4.78, 5) is 15.3. The Labute approximate surface area is 201 Å². The second-order valence-corrected chi connectivity index (χ2v) is 12.6. The molecule has 0 aliphatic carbocycles. The number of hydrogen-bond acceptors (Lipinski definition) is 6. The standard InChI is InChI=1S/C23H30N4O5S2/c1-25-15-17-27(18-16-25)34(31,32)22-9-7-20(8-10-22)24-23(28)19-11-13-26(14-12-19)33(29,30)21-5-3-2-4-6-21/h2-10,19H,11-18H2,1H3,(H,24,28). The summed E-state index contributed by atoms with van der Waals surface area (Å²) < 4.78 is 54.2. The van der Waals surface area contributed by atoms with Crippen LogP contribution in [-0.4, -0.2) is 82.6 Å². The lowest BCUT2D eigenvalue weighted by atomic mass is 9.97. The Morgan fingerprint density at radius 2 is 1.24 bits per heavy atom. The van der Waals surface area contributed by atoms with Gasteiger partial charge in [-0.1, -0.05) is 18.2 Å². The lowest BCUT2D eigenvalue weighted by Crippen LogP contribution is -2.46. The van der Waals surface area contributed by atoms with Crippen LogP contribution in [0.4, 0.5) is 5.69 Å². The van der Waals surface area contributed by atoms with Crippen LogP contribution in [0.25, 0.3) is 0 Å². The number of nitrogens with zero attached hydrogens (tertiary/aromatic N) is 3. The Kier molecular flexibility index (Phi) is 7.39. The molecule has 1 amide bonds. The molecular weight excluding hydrogens is 476 g/mol. The topological polar surface area (TPSA) is 107 Å². The van der Waals surface area contributed by atoms with Crippen molar-refractivity contribution < 1.29 is 21.6 Å². The number of benzene rings is 2. The van der Waals surface area contributed by atoms with Crippen LogP contribution in [0.2, 0.25) is 0 Å². The molecule has 1 N–H and O–H groups in total. The van der Waals surface area contributed by atoms with Crippen molar-refractivity contribution in [2.45, 2.75) is 22.6 Å². The highest BCUT2D eigenvalue weighted by Gasteiger charge is 2.32. The van der Waals surface area contributed by atoms with Crippen LogP contribution in [0.1, 0.15) is 12.8 Å². The Morgan fingerprint density at radius 3 is 1.79 bits per heavy atom. The summed E-state index contributed by atoms with van der Waals surface area (Å²) in [7, 11) is -5.16. The molecule has 0 saturated carbocycles. The highest BCUT2D eigenvalue weighted by Crippen LogP contribution is 2.25. The molecule has 0 unspecified atom stereocenters. The minimum atomic E-state index is -3.56. The molecule has 2 aliphatic rings. The van der Waals surface area contributed by atoms with Crippen molar-refractivity contribution in [3.63, 3.8) is 0 Å². The summed E-state index contributed by atoms with van der Waals surface area (Å²) in [5.74, 6) is -0.498. The van der Waals surface area contributed by atoms with Gasteiger partial charge in [-0.15, -0.1) is 0 Å². The molecular formula is C23H30N4O5S2. The average Bonchev–Trinajstić information content (AvgIpc) is 2.85. The summed E-state index contributed by atoms with van der Waals surface area (Å²) >= 11 is 0. The predicted molar refractivity (Wildman–Crippen MR) is 129 cm³/mol. The maximum Gasteiger partial charge on any atom is 0.243 e. The van der Waals surface area contributed by atoms with Gasteiger partial charge in [-0.25, -0.2) is 16.8 Å². The van der Waals surface area contributed by atoms with Gasteiger partial charge in [0.2, 0.25) is 26.0 Å². The summed E-state index contributed by atoms with van der Waals surface area (Å²) in [6, 6.07) is 14.5. The van der Waals surface area contributed by atoms with E-state index in [4.69, 9.17) is 0 Å². The number of nitrogens with one attached hydrogen (secondary N) is 1. The monoisotopic (exact) mass is 506 g/mol. The normalized spacial score (nSPS) is 19.7. The fourth-order valence-corrected chi connectivity index (χ4v) is 7.14. The highest BCUT2D eigenvalue weighted by molar-refractivity contribution is 7.89. The molecule has 0 radical (unpaired) electrons. The maximum absolute atomic E-state index is 12.9. The summed E-state index contributed by atoms with van der Waals surface area (Å²) in [6.07, 6.45) is 0.849. The minimum Gasteiger partial charge on any atom is -0.326 e. The van der Waals surface area contributed by atoms with E-state index in [0.717, 1.165) is 0 Å². The Morgan fingerprint density at radius 1 is 0.735 bits per heavy atom. The third-order valence-corrected chi connectivity index (χ3v) is 10.3. The van der Waals surface area contributed by atoms with Gasteiger partial charge in [-0.3, -0.25) is 4.79 Å². The van der Waals surface area contributed by atoms with Gasteiger partial charge < -0.3 is 10.2 Å². The van der Waals surface area contributed by atoms with Crippen LogP contribution < -0.4 is 5.32 Å². The van der Waals surface area contributed by atoms with Gasteiger partial charge in [0.15, 0.2) is 0 Å². The molecule has 2 aromatic rings. The van der Waals surface area contributed by atoms with Crippen molar-refractivity contribution in [3.05, 3.63) is 54.6 Å². The zero-order valence-corrected chi connectivity index (χ0v) is 20.8. The molecule has 9 nitrogen and oxygen atoms in total. The molecule has 2 aliphatic heterocycles. The smallest absolute Gasteiger partial charge is 0.243 e. The summed E-state index contributed by atoms with van der Waals surface area (Å²) in [6.45, 7) is 2.85. The van der Waals surface area contributed by atoms with Crippen molar-refractivity contribution in [2.24, 2.45) is 5.92 Å². The van der Waals surface area contributed by atoms with Crippen molar-refractivity contribution in [3.8, 4) is 0 Å². The van der Waals surface area contributed by atoms with E-state index in [1.54, 1.807) is 42.5 Å². The molecule has 34 heavy (non-hydrogen) atoms. The first-order chi connectivity index (χ1) is 16.2. The van der Waals surface area contributed by atoms with E-state index in [1.165, 1.54) is 20.7 Å². The van der Waals surface area contributed by atoms with E-state index in [9.17, 15) is 21.6 Å². The van der Waals surface area contributed by atoms with E-state index in [0.29, 0.717) is 44.7 Å². The van der Waals surface area contributed by atoms with Gasteiger partial charge in [0.05, 0.1) is 9.79 Å². The number of amides is 1. The Hall–Kier alpha value is -2.31. The molecule has 184 valence electrons. The minimum absolute atomic E-state index is 0.188. The van der Waals surface area contributed by atoms with Gasteiger partial charge in [-0.05, 0) is 56.3 Å². The van der Waals surface area contributed by atoms with E-state index >= 15 is 0 Å². The van der Waals surface area contributed by atoms with Gasteiger partial charge in [0, 0.05) is 50.9 Å². The molecule has 2 saturated heterocycles. The predicted octanol–water partition coefficient (Wildman–Crippen LogP) is 1.66. The fraction of sp³-hybridized carbons (Fsp3) is 0.435. The lowest BCUT2D eigenvalue weighted by molar-refractivity contribution is -0.120. The van der Waals surface area contributed by atoms with E-state index in [-0.39, 0.29) is 34.7 Å². The van der Waals surface area contributed by atoms with Crippen molar-refractivity contribution in [2.75, 3.05) is 51.6 Å². The molecule has 4 rings (SSSR count). The molecule has 2 aromatic carbocycles. The number of piperidine rings is 1. The average molecular weight is 507 g/mol. The quantitative estimate of drug-likeness (QED) is 0.639. The van der Waals surface area contributed by atoms with Gasteiger partial charge >= 0.3 is 0 Å². The van der Waals surface area contributed by atoms with Gasteiger partial charge in [0.25, 0.3) is 0 Å². The van der Waals surface area contributed by atoms with E-state index in [1.807, 2.05) is 7.05 Å². The molecule has 11 heteroatoms. The number of sulfonamides is 2. The first-order valence-corrected chi connectivity index (χ1v) is 14.2. The van der Waals surface area contributed by atoms with E-state index in [2.05, 4.69) is 10.2 Å². The number of piperazine rings is 1. The second-order valence-electron chi connectivity index (χ2n) is 8.71. The molecule has 0 spiro atoms. The van der Waals surface area contributed by atoms with Crippen LogP contribution in [0.15, 0.2) is 64.4 Å². The van der Waals surface area contributed by atoms with Gasteiger partial charge in [0.1, 0.15) is 0 Å². The fourth-order valence-electron chi connectivity index (χ4n) is 4.23. The lowest BCUT2D eigenvalue weighted by Gasteiger charge is -2.31. The highest BCUT2D eigenvalue weighted by atomic mass is 32.2. The largest absolute Gasteiger partial charge is 0.326 e.